The Morgan fingerprint density at radius 3 is 2.60 bits per heavy atom. The van der Waals surface area contributed by atoms with Crippen molar-refractivity contribution >= 4 is 5.97 Å². The summed E-state index contributed by atoms with van der Waals surface area (Å²) in [6.07, 6.45) is 15.0. The Balaban J connectivity index is 1.58. The second kappa shape index (κ2) is 5.99. The van der Waals surface area contributed by atoms with Crippen LogP contribution in [0.4, 0.5) is 0 Å². The number of rotatable bonds is 2. The molecule has 2 saturated carbocycles. The Morgan fingerprint density at radius 1 is 1.12 bits per heavy atom. The first-order valence-corrected chi connectivity index (χ1v) is 10.4. The van der Waals surface area contributed by atoms with Gasteiger partial charge in [-0.3, -0.25) is 4.79 Å². The van der Waals surface area contributed by atoms with Gasteiger partial charge >= 0.3 is 5.97 Å². The average Bonchev–Trinajstić information content (AvgIpc) is 2.91. The Labute approximate surface area is 153 Å². The maximum Gasteiger partial charge on any atom is 0.302 e. The molecule has 0 aliphatic heterocycles. The fourth-order valence-corrected chi connectivity index (χ4v) is 7.17. The topological polar surface area (TPSA) is 26.3 Å². The van der Waals surface area contributed by atoms with E-state index in [9.17, 15) is 4.79 Å². The van der Waals surface area contributed by atoms with Gasteiger partial charge in [-0.25, -0.2) is 0 Å². The molecule has 0 saturated heterocycles. The minimum Gasteiger partial charge on any atom is -0.462 e. The van der Waals surface area contributed by atoms with Crippen molar-refractivity contribution in [1.29, 1.82) is 0 Å². The fourth-order valence-electron chi connectivity index (χ4n) is 7.17. The van der Waals surface area contributed by atoms with Gasteiger partial charge in [0.15, 0.2) is 0 Å². The van der Waals surface area contributed by atoms with E-state index in [1.807, 2.05) is 0 Å². The van der Waals surface area contributed by atoms with Crippen LogP contribution < -0.4 is 0 Å². The van der Waals surface area contributed by atoms with Crippen LogP contribution in [0.3, 0.4) is 0 Å². The molecule has 138 valence electrons. The third kappa shape index (κ3) is 2.54. The van der Waals surface area contributed by atoms with E-state index in [1.54, 1.807) is 18.1 Å². The molecule has 0 amide bonds. The van der Waals surface area contributed by atoms with Gasteiger partial charge in [-0.05, 0) is 73.5 Å². The Bertz CT molecular complexity index is 630. The molecule has 2 fully saturated rings. The summed E-state index contributed by atoms with van der Waals surface area (Å²) in [5, 5.41) is 0. The lowest BCUT2D eigenvalue weighted by atomic mass is 9.47. The van der Waals surface area contributed by atoms with E-state index in [2.05, 4.69) is 32.9 Å². The second-order valence-corrected chi connectivity index (χ2v) is 9.51. The molecule has 6 unspecified atom stereocenters. The van der Waals surface area contributed by atoms with Gasteiger partial charge < -0.3 is 4.74 Å². The number of esters is 1. The van der Waals surface area contributed by atoms with E-state index in [4.69, 9.17) is 4.74 Å². The molecular weight excluding hydrogens is 308 g/mol. The molecule has 0 radical (unpaired) electrons. The molecule has 2 heteroatoms. The molecule has 25 heavy (non-hydrogen) atoms. The van der Waals surface area contributed by atoms with E-state index >= 15 is 0 Å². The van der Waals surface area contributed by atoms with Crippen LogP contribution in [0.5, 0.6) is 0 Å². The zero-order valence-electron chi connectivity index (χ0n) is 16.4. The largest absolute Gasteiger partial charge is 0.462 e. The van der Waals surface area contributed by atoms with Gasteiger partial charge in [0.2, 0.25) is 0 Å². The third-order valence-corrected chi connectivity index (χ3v) is 8.51. The molecule has 0 spiro atoms. The van der Waals surface area contributed by atoms with E-state index in [0.717, 1.165) is 30.6 Å². The normalized spacial score (nSPS) is 45.6. The highest BCUT2D eigenvalue weighted by molar-refractivity contribution is 5.66. The Morgan fingerprint density at radius 2 is 1.88 bits per heavy atom. The van der Waals surface area contributed by atoms with Gasteiger partial charge in [0, 0.05) is 13.3 Å². The van der Waals surface area contributed by atoms with Crippen molar-refractivity contribution in [2.24, 2.45) is 28.6 Å². The quantitative estimate of drug-likeness (QED) is 0.466. The standard InChI is InChI=1S/C23H34O2/c1-5-16-7-9-20-19-8-6-17-14-18(25-15(2)24)10-12-23(17,4)21(19)11-13-22(16,20)3/h6-7,18-21H,5,8-14H2,1-4H3. The van der Waals surface area contributed by atoms with Crippen molar-refractivity contribution in [1.82, 2.24) is 0 Å². The van der Waals surface area contributed by atoms with Gasteiger partial charge in [-0.15, -0.1) is 0 Å². The summed E-state index contributed by atoms with van der Waals surface area (Å²) in [6.45, 7) is 8.95. The lowest BCUT2D eigenvalue weighted by Gasteiger charge is -2.57. The minimum absolute atomic E-state index is 0.113. The van der Waals surface area contributed by atoms with Crippen molar-refractivity contribution in [3.05, 3.63) is 23.3 Å². The summed E-state index contributed by atoms with van der Waals surface area (Å²) in [4.78, 5) is 11.4. The zero-order chi connectivity index (χ0) is 17.8. The van der Waals surface area contributed by atoms with Crippen LogP contribution >= 0.6 is 0 Å². The first-order valence-electron chi connectivity index (χ1n) is 10.4. The summed E-state index contributed by atoms with van der Waals surface area (Å²) < 4.78 is 5.55. The van der Waals surface area contributed by atoms with Crippen molar-refractivity contribution in [2.75, 3.05) is 0 Å². The highest BCUT2D eigenvalue weighted by Gasteiger charge is 2.56. The van der Waals surface area contributed by atoms with Gasteiger partial charge in [0.05, 0.1) is 0 Å². The van der Waals surface area contributed by atoms with Crippen molar-refractivity contribution in [2.45, 2.75) is 85.2 Å². The average molecular weight is 343 g/mol. The first-order chi connectivity index (χ1) is 11.9. The van der Waals surface area contributed by atoms with Crippen molar-refractivity contribution in [3.63, 3.8) is 0 Å². The van der Waals surface area contributed by atoms with Crippen molar-refractivity contribution < 1.29 is 9.53 Å². The molecule has 0 heterocycles. The van der Waals surface area contributed by atoms with Crippen LogP contribution in [-0.4, -0.2) is 12.1 Å². The maximum absolute atomic E-state index is 11.4. The number of hydrogen-bond acceptors (Lipinski definition) is 2. The molecule has 0 N–H and O–H groups in total. The number of ether oxygens (including phenoxy) is 1. The van der Waals surface area contributed by atoms with Crippen LogP contribution in [0.1, 0.15) is 79.1 Å². The van der Waals surface area contributed by atoms with Crippen LogP contribution in [0, 0.1) is 28.6 Å². The van der Waals surface area contributed by atoms with Gasteiger partial charge in [-0.2, -0.15) is 0 Å². The SMILES string of the molecule is CCC1=CCC2C3CC=C4CC(OC(C)=O)CCC4(C)C3CCC12C. The van der Waals surface area contributed by atoms with Gasteiger partial charge in [0.1, 0.15) is 6.10 Å². The first kappa shape index (κ1) is 17.4. The summed E-state index contributed by atoms with van der Waals surface area (Å²) in [5.74, 6) is 2.40. The lowest BCUT2D eigenvalue weighted by Crippen LogP contribution is -2.50. The molecule has 2 nitrogen and oxygen atoms in total. The number of fused-ring (bicyclic) bond motifs is 5. The number of allylic oxidation sites excluding steroid dienone is 3. The second-order valence-electron chi connectivity index (χ2n) is 9.51. The van der Waals surface area contributed by atoms with Crippen LogP contribution in [0.2, 0.25) is 0 Å². The summed E-state index contributed by atoms with van der Waals surface area (Å²) in [7, 11) is 0. The van der Waals surface area contributed by atoms with Crippen LogP contribution in [-0.2, 0) is 9.53 Å². The fraction of sp³-hybridized carbons (Fsp3) is 0.783. The molecule has 0 aromatic rings. The van der Waals surface area contributed by atoms with E-state index in [1.165, 1.54) is 38.5 Å². The maximum atomic E-state index is 11.4. The highest BCUT2D eigenvalue weighted by Crippen LogP contribution is 2.65. The predicted molar refractivity (Wildman–Crippen MR) is 101 cm³/mol. The van der Waals surface area contributed by atoms with E-state index in [0.29, 0.717) is 10.8 Å². The number of carbonyl (C=O) groups excluding carboxylic acids is 1. The molecule has 0 aromatic heterocycles. The zero-order valence-corrected chi connectivity index (χ0v) is 16.4. The molecule has 0 aromatic carbocycles. The molecule has 4 aliphatic carbocycles. The monoisotopic (exact) mass is 342 g/mol. The Kier molecular flexibility index (Phi) is 4.16. The predicted octanol–water partition coefficient (Wildman–Crippen LogP) is 5.83. The summed E-state index contributed by atoms with van der Waals surface area (Å²) in [5.41, 5.74) is 4.13. The van der Waals surface area contributed by atoms with Gasteiger partial charge in [-0.1, -0.05) is 44.1 Å². The minimum atomic E-state index is -0.125. The molecular formula is C23H34O2. The van der Waals surface area contributed by atoms with Gasteiger partial charge in [0.25, 0.3) is 0 Å². The van der Waals surface area contributed by atoms with E-state index < -0.39 is 0 Å². The van der Waals surface area contributed by atoms with E-state index in [-0.39, 0.29) is 12.1 Å². The van der Waals surface area contributed by atoms with Crippen LogP contribution in [0.25, 0.3) is 0 Å². The molecule has 4 aliphatic rings. The third-order valence-electron chi connectivity index (χ3n) is 8.51. The molecule has 6 atom stereocenters. The molecule has 0 bridgehead atoms. The summed E-state index contributed by atoms with van der Waals surface area (Å²) >= 11 is 0. The Hall–Kier alpha value is -1.05. The highest BCUT2D eigenvalue weighted by atomic mass is 16.5. The van der Waals surface area contributed by atoms with Crippen molar-refractivity contribution in [3.8, 4) is 0 Å². The summed E-state index contributed by atoms with van der Waals surface area (Å²) in [6, 6.07) is 0. The lowest BCUT2D eigenvalue weighted by molar-refractivity contribution is -0.148. The number of hydrogen-bond donors (Lipinski definition) is 0. The smallest absolute Gasteiger partial charge is 0.302 e. The van der Waals surface area contributed by atoms with Crippen LogP contribution in [0.15, 0.2) is 23.3 Å². The number of carbonyl (C=O) groups is 1. The molecule has 4 rings (SSSR count).